The number of ether oxygens (including phenoxy) is 1. The summed E-state index contributed by atoms with van der Waals surface area (Å²) in [5.41, 5.74) is 1.52. The van der Waals surface area contributed by atoms with E-state index in [0.717, 1.165) is 24.2 Å². The Hall–Kier alpha value is -1.55. The van der Waals surface area contributed by atoms with Crippen molar-refractivity contribution in [2.24, 2.45) is 0 Å². The number of likely N-dealkylation sites (tertiary alicyclic amines) is 1. The lowest BCUT2D eigenvalue weighted by Gasteiger charge is -2.31. The molecule has 1 fully saturated rings. The lowest BCUT2D eigenvalue weighted by molar-refractivity contribution is -0.148. The molecule has 0 bridgehead atoms. The van der Waals surface area contributed by atoms with E-state index in [1.54, 1.807) is 0 Å². The van der Waals surface area contributed by atoms with Gasteiger partial charge in [-0.25, -0.2) is 4.79 Å². The first kappa shape index (κ1) is 15.8. The lowest BCUT2D eigenvalue weighted by atomic mass is 9.97. The van der Waals surface area contributed by atoms with Gasteiger partial charge in [0.05, 0.1) is 6.61 Å². The largest absolute Gasteiger partial charge is 0.464 e. The Morgan fingerprint density at radius 2 is 2.14 bits per heavy atom. The smallest absolute Gasteiger partial charge is 0.333 e. The number of hydrogen-bond acceptors (Lipinski definition) is 4. The normalized spacial score (nSPS) is 22.5. The molecule has 1 unspecified atom stereocenters. The maximum atomic E-state index is 12.5. The van der Waals surface area contributed by atoms with Crippen molar-refractivity contribution in [3.63, 3.8) is 0 Å². The van der Waals surface area contributed by atoms with Gasteiger partial charge in [-0.3, -0.25) is 4.90 Å². The molecule has 1 aliphatic heterocycles. The van der Waals surface area contributed by atoms with Crippen LogP contribution in [0.2, 0.25) is 0 Å². The number of esters is 1. The van der Waals surface area contributed by atoms with Gasteiger partial charge >= 0.3 is 5.97 Å². The highest BCUT2D eigenvalue weighted by molar-refractivity contribution is 5.85. The second-order valence-corrected chi connectivity index (χ2v) is 6.06. The summed E-state index contributed by atoms with van der Waals surface area (Å²) in [6.45, 7) is 10.2. The third-order valence-corrected chi connectivity index (χ3v) is 4.21. The summed E-state index contributed by atoms with van der Waals surface area (Å²) >= 11 is 0. The molecule has 0 aromatic heterocycles. The van der Waals surface area contributed by atoms with Crippen LogP contribution in [-0.4, -0.2) is 42.1 Å². The standard InChI is InChI=1S/C17H26N2O2/c1-5-21-16(20)17(10-11-19(12-17)13(2)3)18-15-9-7-6-8-14(15)4/h6-9,13,18H,5,10-12H2,1-4H3. The zero-order valence-electron chi connectivity index (χ0n) is 13.5. The van der Waals surface area contributed by atoms with Crippen LogP contribution in [0.1, 0.15) is 32.8 Å². The van der Waals surface area contributed by atoms with Crippen molar-refractivity contribution in [2.45, 2.75) is 45.7 Å². The maximum Gasteiger partial charge on any atom is 0.333 e. The first-order valence-corrected chi connectivity index (χ1v) is 7.73. The molecule has 1 aliphatic rings. The van der Waals surface area contributed by atoms with E-state index >= 15 is 0 Å². The molecule has 1 saturated heterocycles. The van der Waals surface area contributed by atoms with Gasteiger partial charge in [0.25, 0.3) is 0 Å². The minimum atomic E-state index is -0.633. The van der Waals surface area contributed by atoms with Crippen molar-refractivity contribution >= 4 is 11.7 Å². The number of rotatable bonds is 5. The molecular formula is C17H26N2O2. The lowest BCUT2D eigenvalue weighted by Crippen LogP contribution is -2.50. The molecule has 1 aromatic carbocycles. The minimum absolute atomic E-state index is 0.142. The first-order valence-electron chi connectivity index (χ1n) is 7.73. The molecule has 0 radical (unpaired) electrons. The van der Waals surface area contributed by atoms with Crippen molar-refractivity contribution in [1.29, 1.82) is 0 Å². The fourth-order valence-electron chi connectivity index (χ4n) is 2.84. The van der Waals surface area contributed by atoms with Gasteiger partial charge in [-0.1, -0.05) is 18.2 Å². The van der Waals surface area contributed by atoms with E-state index in [4.69, 9.17) is 4.74 Å². The molecule has 0 amide bonds. The number of hydrogen-bond donors (Lipinski definition) is 1. The fraction of sp³-hybridized carbons (Fsp3) is 0.588. The molecule has 2 rings (SSSR count). The van der Waals surface area contributed by atoms with Gasteiger partial charge in [0.1, 0.15) is 5.54 Å². The third-order valence-electron chi connectivity index (χ3n) is 4.21. The summed E-state index contributed by atoms with van der Waals surface area (Å²) in [5.74, 6) is -0.142. The van der Waals surface area contributed by atoms with Gasteiger partial charge in [-0.05, 0) is 45.7 Å². The molecule has 21 heavy (non-hydrogen) atoms. The van der Waals surface area contributed by atoms with E-state index in [2.05, 4.69) is 37.1 Å². The molecule has 4 nitrogen and oxygen atoms in total. The molecule has 0 saturated carbocycles. The summed E-state index contributed by atoms with van der Waals surface area (Å²) in [7, 11) is 0. The van der Waals surface area contributed by atoms with Crippen molar-refractivity contribution in [1.82, 2.24) is 4.90 Å². The van der Waals surface area contributed by atoms with Crippen molar-refractivity contribution in [2.75, 3.05) is 25.0 Å². The van der Waals surface area contributed by atoms with Crippen LogP contribution in [-0.2, 0) is 9.53 Å². The van der Waals surface area contributed by atoms with E-state index in [0.29, 0.717) is 19.2 Å². The average molecular weight is 290 g/mol. The van der Waals surface area contributed by atoms with E-state index in [1.165, 1.54) is 0 Å². The monoisotopic (exact) mass is 290 g/mol. The fourth-order valence-corrected chi connectivity index (χ4v) is 2.84. The predicted molar refractivity (Wildman–Crippen MR) is 85.5 cm³/mol. The Morgan fingerprint density at radius 3 is 2.71 bits per heavy atom. The zero-order chi connectivity index (χ0) is 15.5. The number of benzene rings is 1. The number of carbonyl (C=O) groups excluding carboxylic acids is 1. The molecule has 0 spiro atoms. The van der Waals surface area contributed by atoms with E-state index < -0.39 is 5.54 Å². The second-order valence-electron chi connectivity index (χ2n) is 6.06. The molecule has 0 aliphatic carbocycles. The summed E-state index contributed by atoms with van der Waals surface area (Å²) in [6, 6.07) is 8.50. The second kappa shape index (κ2) is 6.48. The molecule has 116 valence electrons. The third kappa shape index (κ3) is 3.38. The number of nitrogens with zero attached hydrogens (tertiary/aromatic N) is 1. The van der Waals surface area contributed by atoms with Gasteiger partial charge in [0.15, 0.2) is 0 Å². The van der Waals surface area contributed by atoms with E-state index in [-0.39, 0.29) is 5.97 Å². The Bertz CT molecular complexity index is 501. The summed E-state index contributed by atoms with van der Waals surface area (Å²) in [4.78, 5) is 14.9. The van der Waals surface area contributed by atoms with Gasteiger partial charge in [-0.15, -0.1) is 0 Å². The number of aryl methyl sites for hydroxylation is 1. The van der Waals surface area contributed by atoms with Crippen LogP contribution in [0.3, 0.4) is 0 Å². The summed E-state index contributed by atoms with van der Waals surface area (Å²) in [5, 5.41) is 3.48. The average Bonchev–Trinajstić information content (AvgIpc) is 2.88. The van der Waals surface area contributed by atoms with Crippen LogP contribution in [0, 0.1) is 6.92 Å². The molecule has 1 N–H and O–H groups in total. The Morgan fingerprint density at radius 1 is 1.43 bits per heavy atom. The van der Waals surface area contributed by atoms with Crippen molar-refractivity contribution < 1.29 is 9.53 Å². The molecule has 1 heterocycles. The SMILES string of the molecule is CCOC(=O)C1(Nc2ccccc2C)CCN(C(C)C)C1. The van der Waals surface area contributed by atoms with Crippen LogP contribution in [0.15, 0.2) is 24.3 Å². The maximum absolute atomic E-state index is 12.5. The van der Waals surface area contributed by atoms with Crippen LogP contribution in [0.5, 0.6) is 0 Å². The number of nitrogens with one attached hydrogen (secondary N) is 1. The van der Waals surface area contributed by atoms with Crippen molar-refractivity contribution in [3.8, 4) is 0 Å². The molecular weight excluding hydrogens is 264 g/mol. The predicted octanol–water partition coefficient (Wildman–Crippen LogP) is 2.82. The van der Waals surface area contributed by atoms with Crippen LogP contribution in [0.25, 0.3) is 0 Å². The Labute approximate surface area is 127 Å². The van der Waals surface area contributed by atoms with Crippen LogP contribution < -0.4 is 5.32 Å². The topological polar surface area (TPSA) is 41.6 Å². The van der Waals surface area contributed by atoms with Gasteiger partial charge < -0.3 is 10.1 Å². The van der Waals surface area contributed by atoms with Gasteiger partial charge in [-0.2, -0.15) is 0 Å². The van der Waals surface area contributed by atoms with Gasteiger partial charge in [0.2, 0.25) is 0 Å². The van der Waals surface area contributed by atoms with Crippen molar-refractivity contribution in [3.05, 3.63) is 29.8 Å². The van der Waals surface area contributed by atoms with Gasteiger partial charge in [0, 0.05) is 24.8 Å². The summed E-state index contributed by atoms with van der Waals surface area (Å²) < 4.78 is 5.34. The van der Waals surface area contributed by atoms with Crippen LogP contribution >= 0.6 is 0 Å². The Balaban J connectivity index is 2.25. The molecule has 1 aromatic rings. The number of para-hydroxylation sites is 1. The number of anilines is 1. The molecule has 4 heteroatoms. The highest BCUT2D eigenvalue weighted by Crippen LogP contribution is 2.30. The van der Waals surface area contributed by atoms with Crippen LogP contribution in [0.4, 0.5) is 5.69 Å². The highest BCUT2D eigenvalue weighted by atomic mass is 16.5. The molecule has 1 atom stereocenters. The number of carbonyl (C=O) groups is 1. The first-order chi connectivity index (χ1) is 9.98. The highest BCUT2D eigenvalue weighted by Gasteiger charge is 2.46. The zero-order valence-corrected chi connectivity index (χ0v) is 13.5. The Kier molecular flexibility index (Phi) is 4.88. The summed E-state index contributed by atoms with van der Waals surface area (Å²) in [6.07, 6.45) is 0.776. The quantitative estimate of drug-likeness (QED) is 0.847. The van der Waals surface area contributed by atoms with E-state index in [9.17, 15) is 4.79 Å². The minimum Gasteiger partial charge on any atom is -0.464 e. The van der Waals surface area contributed by atoms with E-state index in [1.807, 2.05) is 25.1 Å².